The Morgan fingerprint density at radius 2 is 1.83 bits per heavy atom. The van der Waals surface area contributed by atoms with Crippen molar-refractivity contribution < 1.29 is 8.42 Å². The van der Waals surface area contributed by atoms with Gasteiger partial charge >= 0.3 is 0 Å². The molecule has 0 aromatic rings. The quantitative estimate of drug-likeness (QED) is 0.603. The fraction of sp³-hybridized carbons (Fsp3) is 0.778. The molecule has 0 bridgehead atoms. The average molecular weight is 190 g/mol. The maximum atomic E-state index is 10.6. The molecule has 0 radical (unpaired) electrons. The van der Waals surface area contributed by atoms with E-state index in [0.717, 1.165) is 12.8 Å². The minimum Gasteiger partial charge on any atom is -0.225 e. The molecule has 3 heteroatoms. The molecule has 0 amide bonds. The van der Waals surface area contributed by atoms with Crippen molar-refractivity contribution in [1.29, 1.82) is 0 Å². The van der Waals surface area contributed by atoms with Gasteiger partial charge in [-0.25, -0.2) is 8.42 Å². The molecular formula is C9H18O2S. The Morgan fingerprint density at radius 3 is 2.33 bits per heavy atom. The van der Waals surface area contributed by atoms with E-state index in [1.54, 1.807) is 6.08 Å². The van der Waals surface area contributed by atoms with Gasteiger partial charge in [-0.05, 0) is 12.8 Å². The van der Waals surface area contributed by atoms with Gasteiger partial charge in [-0.1, -0.05) is 32.3 Å². The van der Waals surface area contributed by atoms with Gasteiger partial charge in [0.25, 0.3) is 0 Å². The van der Waals surface area contributed by atoms with Crippen molar-refractivity contribution in [3.8, 4) is 0 Å². The zero-order valence-electron chi connectivity index (χ0n) is 7.91. The lowest BCUT2D eigenvalue weighted by Gasteiger charge is -1.93. The van der Waals surface area contributed by atoms with Crippen LogP contribution in [-0.4, -0.2) is 14.7 Å². The van der Waals surface area contributed by atoms with Crippen LogP contribution in [0.3, 0.4) is 0 Å². The van der Waals surface area contributed by atoms with Gasteiger partial charge in [0.1, 0.15) is 0 Å². The lowest BCUT2D eigenvalue weighted by molar-refractivity contribution is 0.609. The molecule has 0 heterocycles. The minimum atomic E-state index is -2.90. The Morgan fingerprint density at radius 1 is 1.17 bits per heavy atom. The van der Waals surface area contributed by atoms with E-state index in [4.69, 9.17) is 0 Å². The molecule has 12 heavy (non-hydrogen) atoms. The van der Waals surface area contributed by atoms with Gasteiger partial charge in [0.15, 0.2) is 9.84 Å². The van der Waals surface area contributed by atoms with Gasteiger partial charge < -0.3 is 0 Å². The Labute approximate surface area is 75.6 Å². The highest BCUT2D eigenvalue weighted by Crippen LogP contribution is 2.03. The standard InChI is InChI=1S/C9H18O2S/c1-3-4-5-6-7-8-9-12(2,10)11/h8-9H,3-7H2,1-2H3. The van der Waals surface area contributed by atoms with E-state index in [1.807, 2.05) is 0 Å². The van der Waals surface area contributed by atoms with Crippen LogP contribution in [0.25, 0.3) is 0 Å². The molecule has 0 unspecified atom stereocenters. The Balaban J connectivity index is 3.38. The molecule has 0 aliphatic heterocycles. The summed E-state index contributed by atoms with van der Waals surface area (Å²) >= 11 is 0. The third kappa shape index (κ3) is 9.69. The molecule has 0 aromatic heterocycles. The molecule has 0 aliphatic rings. The molecule has 2 nitrogen and oxygen atoms in total. The summed E-state index contributed by atoms with van der Waals surface area (Å²) in [5.41, 5.74) is 0. The molecular weight excluding hydrogens is 172 g/mol. The summed E-state index contributed by atoms with van der Waals surface area (Å²) < 4.78 is 21.3. The third-order valence-electron chi connectivity index (χ3n) is 1.57. The maximum Gasteiger partial charge on any atom is 0.168 e. The first-order valence-corrected chi connectivity index (χ1v) is 6.38. The highest BCUT2D eigenvalue weighted by Gasteiger charge is 1.91. The van der Waals surface area contributed by atoms with Crippen LogP contribution in [0.5, 0.6) is 0 Å². The van der Waals surface area contributed by atoms with Gasteiger partial charge in [0.2, 0.25) is 0 Å². The third-order valence-corrected chi connectivity index (χ3v) is 2.25. The van der Waals surface area contributed by atoms with Gasteiger partial charge in [-0.2, -0.15) is 0 Å². The lowest BCUT2D eigenvalue weighted by Crippen LogP contribution is -1.87. The first-order valence-electron chi connectivity index (χ1n) is 4.43. The van der Waals surface area contributed by atoms with Gasteiger partial charge in [0, 0.05) is 11.7 Å². The van der Waals surface area contributed by atoms with Crippen molar-refractivity contribution in [2.24, 2.45) is 0 Å². The van der Waals surface area contributed by atoms with E-state index in [0.29, 0.717) is 0 Å². The molecule has 0 spiro atoms. The summed E-state index contributed by atoms with van der Waals surface area (Å²) in [6.45, 7) is 2.16. The van der Waals surface area contributed by atoms with Crippen LogP contribution in [0.1, 0.15) is 39.0 Å². The summed E-state index contributed by atoms with van der Waals surface area (Å²) in [7, 11) is -2.90. The Hall–Kier alpha value is -0.310. The van der Waals surface area contributed by atoms with E-state index in [-0.39, 0.29) is 0 Å². The minimum absolute atomic E-state index is 0.882. The smallest absolute Gasteiger partial charge is 0.168 e. The Bertz CT molecular complexity index is 215. The Kier molecular flexibility index (Phi) is 6.07. The van der Waals surface area contributed by atoms with Crippen molar-refractivity contribution in [1.82, 2.24) is 0 Å². The van der Waals surface area contributed by atoms with E-state index in [2.05, 4.69) is 6.92 Å². The van der Waals surface area contributed by atoms with Gasteiger partial charge in [0.05, 0.1) is 0 Å². The maximum absolute atomic E-state index is 10.6. The zero-order valence-corrected chi connectivity index (χ0v) is 8.73. The molecule has 0 aromatic carbocycles. The average Bonchev–Trinajstić information content (AvgIpc) is 1.94. The number of hydrogen-bond donors (Lipinski definition) is 0. The topological polar surface area (TPSA) is 34.1 Å². The fourth-order valence-electron chi connectivity index (χ4n) is 0.932. The molecule has 0 atom stereocenters. The predicted molar refractivity (Wildman–Crippen MR) is 52.7 cm³/mol. The summed E-state index contributed by atoms with van der Waals surface area (Å²) in [6, 6.07) is 0. The second-order valence-corrected chi connectivity index (χ2v) is 4.98. The molecule has 0 aliphatic carbocycles. The largest absolute Gasteiger partial charge is 0.225 e. The predicted octanol–water partition coefficient (Wildman–Crippen LogP) is 2.52. The van der Waals surface area contributed by atoms with E-state index in [1.165, 1.54) is 30.9 Å². The second-order valence-electron chi connectivity index (χ2n) is 3.05. The number of hydrogen-bond acceptors (Lipinski definition) is 2. The monoisotopic (exact) mass is 190 g/mol. The number of sulfone groups is 1. The van der Waals surface area contributed by atoms with Crippen molar-refractivity contribution in [3.05, 3.63) is 11.5 Å². The van der Waals surface area contributed by atoms with Gasteiger partial charge in [-0.15, -0.1) is 0 Å². The summed E-state index contributed by atoms with van der Waals surface area (Å²) in [4.78, 5) is 0. The van der Waals surface area contributed by atoms with Crippen LogP contribution in [0.4, 0.5) is 0 Å². The second kappa shape index (κ2) is 6.23. The molecule has 72 valence electrons. The highest BCUT2D eigenvalue weighted by atomic mass is 32.2. The van der Waals surface area contributed by atoms with Crippen LogP contribution in [0.2, 0.25) is 0 Å². The van der Waals surface area contributed by atoms with Crippen LogP contribution in [0.15, 0.2) is 11.5 Å². The van der Waals surface area contributed by atoms with Crippen molar-refractivity contribution in [2.45, 2.75) is 39.0 Å². The van der Waals surface area contributed by atoms with Crippen molar-refractivity contribution in [2.75, 3.05) is 6.26 Å². The normalized spacial score (nSPS) is 12.5. The zero-order chi connectivity index (χ0) is 9.45. The van der Waals surface area contributed by atoms with E-state index >= 15 is 0 Å². The highest BCUT2D eigenvalue weighted by molar-refractivity contribution is 7.93. The first kappa shape index (κ1) is 11.7. The van der Waals surface area contributed by atoms with Gasteiger partial charge in [-0.3, -0.25) is 0 Å². The SMILES string of the molecule is CCCCCCC=CS(C)(=O)=O. The molecule has 0 saturated heterocycles. The molecule has 0 rings (SSSR count). The lowest BCUT2D eigenvalue weighted by atomic mass is 10.2. The number of rotatable bonds is 6. The molecule has 0 fully saturated rings. The van der Waals surface area contributed by atoms with Crippen molar-refractivity contribution in [3.63, 3.8) is 0 Å². The number of allylic oxidation sites excluding steroid dienone is 1. The summed E-state index contributed by atoms with van der Waals surface area (Å²) in [5.74, 6) is 0. The summed E-state index contributed by atoms with van der Waals surface area (Å²) in [6.07, 6.45) is 8.60. The number of unbranched alkanes of at least 4 members (excludes halogenated alkanes) is 4. The van der Waals surface area contributed by atoms with Crippen LogP contribution < -0.4 is 0 Å². The van der Waals surface area contributed by atoms with Crippen LogP contribution >= 0.6 is 0 Å². The molecule has 0 saturated carbocycles. The molecule has 0 N–H and O–H groups in total. The first-order chi connectivity index (χ1) is 5.56. The van der Waals surface area contributed by atoms with Crippen LogP contribution in [-0.2, 0) is 9.84 Å². The summed E-state index contributed by atoms with van der Waals surface area (Å²) in [5, 5.41) is 1.29. The van der Waals surface area contributed by atoms with Crippen LogP contribution in [0, 0.1) is 0 Å². The fourth-order valence-corrected chi connectivity index (χ4v) is 1.42. The van der Waals surface area contributed by atoms with E-state index < -0.39 is 9.84 Å². The van der Waals surface area contributed by atoms with E-state index in [9.17, 15) is 8.42 Å². The van der Waals surface area contributed by atoms with Crippen molar-refractivity contribution >= 4 is 9.84 Å².